The molecule has 0 aliphatic heterocycles. The Labute approximate surface area is 70.9 Å². The van der Waals surface area contributed by atoms with Gasteiger partial charge in [-0.15, -0.1) is 0 Å². The van der Waals surface area contributed by atoms with E-state index in [1.165, 1.54) is 6.92 Å². The van der Waals surface area contributed by atoms with Gasteiger partial charge in [0.15, 0.2) is 5.78 Å². The molecule has 12 heavy (non-hydrogen) atoms. The molecular weight excluding hydrogens is 156 g/mol. The monoisotopic (exact) mass is 168 g/mol. The summed E-state index contributed by atoms with van der Waals surface area (Å²) >= 11 is 0. The molecule has 0 bridgehead atoms. The highest BCUT2D eigenvalue weighted by molar-refractivity contribution is 5.92. The van der Waals surface area contributed by atoms with Crippen LogP contribution >= 0.6 is 0 Å². The van der Waals surface area contributed by atoms with E-state index >= 15 is 0 Å². The summed E-state index contributed by atoms with van der Waals surface area (Å²) in [5, 5.41) is 6.61. The van der Waals surface area contributed by atoms with Gasteiger partial charge in [-0.2, -0.15) is 5.10 Å². The van der Waals surface area contributed by atoms with Gasteiger partial charge in [0.1, 0.15) is 5.69 Å². The predicted molar refractivity (Wildman–Crippen MR) is 44.2 cm³/mol. The fourth-order valence-corrected chi connectivity index (χ4v) is 0.882. The maximum atomic E-state index is 10.8. The van der Waals surface area contributed by atoms with E-state index < -0.39 is 0 Å². The Morgan fingerprint density at radius 3 is 3.00 bits per heavy atom. The van der Waals surface area contributed by atoms with Crippen LogP contribution in [0.3, 0.4) is 0 Å². The largest absolute Gasteiger partial charge is 0.384 e. The number of hydrogen-bond acceptors (Lipinski definition) is 3. The highest BCUT2D eigenvalue weighted by Gasteiger charge is 2.04. The number of carbonyl (C=O) groups is 1. The third kappa shape index (κ3) is 2.17. The first kappa shape index (κ1) is 8.93. The Bertz CT molecular complexity index is 268. The Balaban J connectivity index is 2.58. The minimum atomic E-state index is -0.0186. The van der Waals surface area contributed by atoms with Crippen LogP contribution in [-0.4, -0.2) is 29.7 Å². The maximum Gasteiger partial charge on any atom is 0.179 e. The summed E-state index contributed by atoms with van der Waals surface area (Å²) in [5.41, 5.74) is 1.42. The number of methoxy groups -OCH3 is 1. The number of rotatable bonds is 4. The molecule has 66 valence electrons. The van der Waals surface area contributed by atoms with E-state index in [2.05, 4.69) is 10.2 Å². The minimum absolute atomic E-state index is 0.0186. The predicted octanol–water partition coefficient (Wildman–Crippen LogP) is 0.801. The van der Waals surface area contributed by atoms with Crippen LogP contribution in [0.25, 0.3) is 0 Å². The van der Waals surface area contributed by atoms with Crippen molar-refractivity contribution >= 4 is 5.78 Å². The van der Waals surface area contributed by atoms with Crippen molar-refractivity contribution in [3.63, 3.8) is 0 Å². The van der Waals surface area contributed by atoms with Gasteiger partial charge in [-0.3, -0.25) is 9.89 Å². The number of aromatic amines is 1. The number of nitrogens with zero attached hydrogens (tertiary/aromatic N) is 1. The molecule has 0 unspecified atom stereocenters. The van der Waals surface area contributed by atoms with Crippen molar-refractivity contribution in [1.29, 1.82) is 0 Å². The molecule has 0 saturated carbocycles. The first-order valence-corrected chi connectivity index (χ1v) is 3.78. The molecule has 1 N–H and O–H groups in total. The summed E-state index contributed by atoms with van der Waals surface area (Å²) < 4.78 is 4.88. The molecule has 4 nitrogen and oxygen atoms in total. The fraction of sp³-hybridized carbons (Fsp3) is 0.500. The van der Waals surface area contributed by atoms with Crippen molar-refractivity contribution in [2.75, 3.05) is 13.7 Å². The Morgan fingerprint density at radius 2 is 2.50 bits per heavy atom. The highest BCUT2D eigenvalue weighted by atomic mass is 16.5. The Kier molecular flexibility index (Phi) is 2.99. The van der Waals surface area contributed by atoms with Crippen LogP contribution in [-0.2, 0) is 11.2 Å². The number of aromatic nitrogens is 2. The molecule has 1 heterocycles. The zero-order valence-electron chi connectivity index (χ0n) is 7.26. The standard InChI is InChI=1S/C8H12N2O2/c1-6(11)8-5-7(9-10-8)3-4-12-2/h5H,3-4H2,1-2H3,(H,9,10). The molecule has 0 atom stereocenters. The molecule has 0 amide bonds. The molecule has 0 spiro atoms. The van der Waals surface area contributed by atoms with Gasteiger partial charge in [0.25, 0.3) is 0 Å². The summed E-state index contributed by atoms with van der Waals surface area (Å²) in [5.74, 6) is -0.0186. The van der Waals surface area contributed by atoms with E-state index in [0.29, 0.717) is 12.3 Å². The van der Waals surface area contributed by atoms with Crippen molar-refractivity contribution in [2.45, 2.75) is 13.3 Å². The van der Waals surface area contributed by atoms with Crippen molar-refractivity contribution in [3.8, 4) is 0 Å². The van der Waals surface area contributed by atoms with E-state index in [1.54, 1.807) is 13.2 Å². The number of carbonyl (C=O) groups excluding carboxylic acids is 1. The Morgan fingerprint density at radius 1 is 1.75 bits per heavy atom. The van der Waals surface area contributed by atoms with Gasteiger partial charge in [0.2, 0.25) is 0 Å². The molecule has 4 heteroatoms. The molecule has 1 aromatic rings. The van der Waals surface area contributed by atoms with Gasteiger partial charge in [-0.05, 0) is 6.07 Å². The second kappa shape index (κ2) is 4.01. The molecule has 1 aromatic heterocycles. The van der Waals surface area contributed by atoms with Gasteiger partial charge in [0.05, 0.1) is 6.61 Å². The first-order chi connectivity index (χ1) is 5.74. The number of ketones is 1. The van der Waals surface area contributed by atoms with E-state index in [9.17, 15) is 4.79 Å². The molecule has 0 aromatic carbocycles. The van der Waals surface area contributed by atoms with Crippen LogP contribution in [0.2, 0.25) is 0 Å². The van der Waals surface area contributed by atoms with E-state index in [-0.39, 0.29) is 5.78 Å². The minimum Gasteiger partial charge on any atom is -0.384 e. The zero-order chi connectivity index (χ0) is 8.97. The lowest BCUT2D eigenvalue weighted by molar-refractivity contribution is 0.101. The summed E-state index contributed by atoms with van der Waals surface area (Å²) in [6.45, 7) is 2.13. The van der Waals surface area contributed by atoms with Crippen LogP contribution < -0.4 is 0 Å². The molecule has 0 aliphatic rings. The van der Waals surface area contributed by atoms with Crippen LogP contribution in [0.15, 0.2) is 6.07 Å². The molecule has 0 aliphatic carbocycles. The SMILES string of the molecule is COCCc1cc(C(C)=O)n[nH]1. The lowest BCUT2D eigenvalue weighted by Crippen LogP contribution is -1.94. The normalized spacial score (nSPS) is 10.2. The molecular formula is C8H12N2O2. The summed E-state index contributed by atoms with van der Waals surface area (Å²) in [6, 6.07) is 1.75. The molecule has 0 fully saturated rings. The average Bonchev–Trinajstić information content (AvgIpc) is 2.48. The lowest BCUT2D eigenvalue weighted by atomic mass is 10.2. The third-order valence-electron chi connectivity index (χ3n) is 1.57. The van der Waals surface area contributed by atoms with Crippen molar-refractivity contribution in [1.82, 2.24) is 10.2 Å². The van der Waals surface area contributed by atoms with Gasteiger partial charge < -0.3 is 4.74 Å². The van der Waals surface area contributed by atoms with Crippen molar-refractivity contribution < 1.29 is 9.53 Å². The van der Waals surface area contributed by atoms with Crippen LogP contribution in [0.4, 0.5) is 0 Å². The van der Waals surface area contributed by atoms with Crippen molar-refractivity contribution in [3.05, 3.63) is 17.5 Å². The van der Waals surface area contributed by atoms with Crippen molar-refractivity contribution in [2.24, 2.45) is 0 Å². The van der Waals surface area contributed by atoms with Gasteiger partial charge >= 0.3 is 0 Å². The summed E-state index contributed by atoms with van der Waals surface area (Å²) in [4.78, 5) is 10.8. The van der Waals surface area contributed by atoms with Crippen LogP contribution in [0, 0.1) is 0 Å². The first-order valence-electron chi connectivity index (χ1n) is 3.78. The second-order valence-corrected chi connectivity index (χ2v) is 2.58. The fourth-order valence-electron chi connectivity index (χ4n) is 0.882. The van der Waals surface area contributed by atoms with E-state index in [0.717, 1.165) is 12.1 Å². The number of H-pyrrole nitrogens is 1. The smallest absolute Gasteiger partial charge is 0.179 e. The summed E-state index contributed by atoms with van der Waals surface area (Å²) in [6.07, 6.45) is 0.761. The molecule has 1 rings (SSSR count). The molecule has 0 radical (unpaired) electrons. The number of Topliss-reactive ketones (excluding diaryl/α,β-unsaturated/α-hetero) is 1. The summed E-state index contributed by atoms with van der Waals surface area (Å²) in [7, 11) is 1.64. The topological polar surface area (TPSA) is 55.0 Å². The van der Waals surface area contributed by atoms with Gasteiger partial charge in [-0.1, -0.05) is 0 Å². The molecule has 0 saturated heterocycles. The Hall–Kier alpha value is -1.16. The number of ether oxygens (including phenoxy) is 1. The maximum absolute atomic E-state index is 10.8. The van der Waals surface area contributed by atoms with E-state index in [1.807, 2.05) is 0 Å². The number of nitrogens with one attached hydrogen (secondary N) is 1. The van der Waals surface area contributed by atoms with Gasteiger partial charge in [0, 0.05) is 26.1 Å². The van der Waals surface area contributed by atoms with Crippen LogP contribution in [0.1, 0.15) is 23.1 Å². The third-order valence-corrected chi connectivity index (χ3v) is 1.57. The highest BCUT2D eigenvalue weighted by Crippen LogP contribution is 2.00. The lowest BCUT2D eigenvalue weighted by Gasteiger charge is -1.92. The second-order valence-electron chi connectivity index (χ2n) is 2.58. The van der Waals surface area contributed by atoms with E-state index in [4.69, 9.17) is 4.74 Å². The number of hydrogen-bond donors (Lipinski definition) is 1. The van der Waals surface area contributed by atoms with Crippen LogP contribution in [0.5, 0.6) is 0 Å². The van der Waals surface area contributed by atoms with Gasteiger partial charge in [-0.25, -0.2) is 0 Å². The quantitative estimate of drug-likeness (QED) is 0.676. The average molecular weight is 168 g/mol. The zero-order valence-corrected chi connectivity index (χ0v) is 7.26.